The smallest absolute Gasteiger partial charge is 0.304 e. The maximum Gasteiger partial charge on any atom is 0.304 e. The lowest BCUT2D eigenvalue weighted by molar-refractivity contribution is -0.197. The fraction of sp³-hybridized carbons (Fsp3) is 0.543. The van der Waals surface area contributed by atoms with Crippen molar-refractivity contribution in [2.45, 2.75) is 119 Å². The molecule has 2 atom stereocenters. The van der Waals surface area contributed by atoms with Crippen LogP contribution >= 0.6 is 11.3 Å². The number of allylic oxidation sites excluding steroid dienone is 3. The summed E-state index contributed by atoms with van der Waals surface area (Å²) in [5, 5.41) is 51.7. The highest BCUT2D eigenvalue weighted by Crippen LogP contribution is 2.75. The number of aromatic nitrogens is 3. The Morgan fingerprint density at radius 1 is 1.03 bits per heavy atom. The van der Waals surface area contributed by atoms with Crippen molar-refractivity contribution < 1.29 is 20.1 Å². The molecule has 4 heterocycles. The normalized spacial score (nSPS) is 28.2. The number of aliphatic hydroxyl groups excluding tert-OH is 1. The van der Waals surface area contributed by atoms with Gasteiger partial charge in [0.15, 0.2) is 0 Å². The van der Waals surface area contributed by atoms with Gasteiger partial charge in [-0.25, -0.2) is 9.98 Å². The summed E-state index contributed by atoms with van der Waals surface area (Å²) in [6.45, 7) is 15.7. The van der Waals surface area contributed by atoms with Crippen LogP contribution in [-0.4, -0.2) is 72.3 Å². The SMILES string of the molecule is CC.CC(=C1\CCCN(C2=CC=C(c3cnn(CC45CC6(C)CC(C)(CC(CCCNCCC(=O)O)(C6)C4)C5)c3C)C(=C(O)O)N2)C1=N)/C(N)=N\c1nc2ccccc2s1. The van der Waals surface area contributed by atoms with E-state index in [1.165, 1.54) is 49.9 Å². The number of hydrogen-bond donors (Lipinski definition) is 7. The van der Waals surface area contributed by atoms with Crippen LogP contribution in [0.2, 0.25) is 0 Å². The zero-order valence-corrected chi connectivity index (χ0v) is 36.9. The van der Waals surface area contributed by atoms with Crippen molar-refractivity contribution in [3.8, 4) is 0 Å². The number of benzene rings is 1. The molecule has 5 fully saturated rings. The van der Waals surface area contributed by atoms with Crippen LogP contribution < -0.4 is 16.4 Å². The number of rotatable bonds is 13. The van der Waals surface area contributed by atoms with Gasteiger partial charge in [-0.05, 0) is 136 Å². The third kappa shape index (κ3) is 8.63. The van der Waals surface area contributed by atoms with Crippen molar-refractivity contribution in [2.24, 2.45) is 32.4 Å². The molecule has 0 spiro atoms. The van der Waals surface area contributed by atoms with Crippen molar-refractivity contribution in [3.05, 3.63) is 82.5 Å². The monoisotopic (exact) mass is 837 g/mol. The number of aliphatic hydroxyl groups is 2. The van der Waals surface area contributed by atoms with E-state index in [9.17, 15) is 20.4 Å². The Balaban J connectivity index is 0.00000268. The number of carboxylic acids is 1. The van der Waals surface area contributed by atoms with Gasteiger partial charge in [-0.1, -0.05) is 51.2 Å². The zero-order valence-electron chi connectivity index (χ0n) is 36.1. The number of carbonyl (C=O) groups is 1. The van der Waals surface area contributed by atoms with E-state index >= 15 is 0 Å². The third-order valence-corrected chi connectivity index (χ3v) is 14.3. The lowest BCUT2D eigenvalue weighted by atomic mass is 9.35. The number of hydrogen-bond acceptors (Lipinski definition) is 10. The summed E-state index contributed by atoms with van der Waals surface area (Å²) in [7, 11) is 0. The van der Waals surface area contributed by atoms with Gasteiger partial charge >= 0.3 is 5.97 Å². The average molecular weight is 838 g/mol. The number of piperidine rings is 1. The predicted octanol–water partition coefficient (Wildman–Crippen LogP) is 9.23. The van der Waals surface area contributed by atoms with Crippen molar-refractivity contribution in [2.75, 3.05) is 19.6 Å². The van der Waals surface area contributed by atoms with Gasteiger partial charge in [0.05, 0.1) is 22.8 Å². The Bertz CT molecular complexity index is 2260. The van der Waals surface area contributed by atoms with Gasteiger partial charge in [0.2, 0.25) is 5.13 Å². The molecule has 0 amide bonds. The highest BCUT2D eigenvalue weighted by molar-refractivity contribution is 7.22. The Hall–Kier alpha value is -4.95. The van der Waals surface area contributed by atoms with Gasteiger partial charge in [0.1, 0.15) is 23.2 Å². The molecule has 13 nitrogen and oxygen atoms in total. The summed E-state index contributed by atoms with van der Waals surface area (Å²) in [6, 6.07) is 7.87. The number of thiazole rings is 1. The summed E-state index contributed by atoms with van der Waals surface area (Å²) in [6.07, 6.45) is 16.7. The molecular weight excluding hydrogens is 775 g/mol. The van der Waals surface area contributed by atoms with Crippen molar-refractivity contribution in [1.82, 2.24) is 30.3 Å². The van der Waals surface area contributed by atoms with Crippen molar-refractivity contribution >= 4 is 49.9 Å². The van der Waals surface area contributed by atoms with Crippen molar-refractivity contribution in [1.29, 1.82) is 5.41 Å². The van der Waals surface area contributed by atoms with Crippen molar-refractivity contribution in [3.63, 3.8) is 0 Å². The molecule has 8 N–H and O–H groups in total. The second-order valence-corrected chi connectivity index (χ2v) is 19.6. The lowest BCUT2D eigenvalue weighted by Crippen LogP contribution is -2.60. The standard InChI is InChI=1S/C44H57N9O4S.C2H6/c1-27(37(45)51-40-49-32-10-5-6-11-33(32)58-40)29-9-7-18-52(38(29)46)34-13-12-30(36(50-34)39(56)57)31-19-48-53(28(31)2)26-44-23-41(3)20-42(4,24-44)22-43(21-41,25-44)15-8-16-47-17-14-35(54)55;1-2/h5-6,10-13,19,46-47,50,56-57H,7-9,14-18,20-26H2,1-4H3,(H,54,55)(H2,45,49,51);1-2H3/b29-27-,46-38?;. The van der Waals surface area contributed by atoms with Gasteiger partial charge < -0.3 is 36.6 Å². The summed E-state index contributed by atoms with van der Waals surface area (Å²) in [5.41, 5.74) is 12.4. The van der Waals surface area contributed by atoms with Crippen LogP contribution in [0, 0.1) is 34.0 Å². The summed E-state index contributed by atoms with van der Waals surface area (Å²) in [4.78, 5) is 22.0. The Morgan fingerprint density at radius 3 is 2.45 bits per heavy atom. The van der Waals surface area contributed by atoms with Gasteiger partial charge in [-0.15, -0.1) is 0 Å². The quantitative estimate of drug-likeness (QED) is 0.0377. The molecule has 2 unspecified atom stereocenters. The van der Waals surface area contributed by atoms with Crippen LogP contribution in [0.15, 0.2) is 76.2 Å². The minimum absolute atomic E-state index is 0.119. The summed E-state index contributed by atoms with van der Waals surface area (Å²) >= 11 is 1.47. The first-order chi connectivity index (χ1) is 28.6. The van der Waals surface area contributed by atoms with E-state index in [4.69, 9.17) is 15.9 Å². The molecule has 2 aromatic heterocycles. The Kier molecular flexibility index (Phi) is 12.1. The van der Waals surface area contributed by atoms with Crippen LogP contribution in [0.5, 0.6) is 0 Å². The first kappa shape index (κ1) is 43.1. The van der Waals surface area contributed by atoms with Gasteiger partial charge in [-0.3, -0.25) is 14.9 Å². The predicted molar refractivity (Wildman–Crippen MR) is 240 cm³/mol. The number of aliphatic imine (C=N–C) groups is 1. The molecule has 4 bridgehead atoms. The number of fused-ring (bicyclic) bond motifs is 1. The second kappa shape index (κ2) is 16.8. The van der Waals surface area contributed by atoms with Crippen LogP contribution in [0.1, 0.15) is 117 Å². The van der Waals surface area contributed by atoms with Gasteiger partial charge in [-0.2, -0.15) is 5.10 Å². The van der Waals surface area contributed by atoms with Crippen LogP contribution in [-0.2, 0) is 11.3 Å². The van der Waals surface area contributed by atoms with E-state index < -0.39 is 11.9 Å². The molecule has 4 saturated carbocycles. The van der Waals surface area contributed by atoms with Gasteiger partial charge in [0.25, 0.3) is 5.95 Å². The molecule has 0 radical (unpaired) electrons. The molecule has 3 aromatic rings. The minimum Gasteiger partial charge on any atom is -0.481 e. The number of carboxylic acid groups (broad SMARTS) is 1. The first-order valence-corrected chi connectivity index (χ1v) is 22.4. The first-order valence-electron chi connectivity index (χ1n) is 21.6. The van der Waals surface area contributed by atoms with E-state index in [2.05, 4.69) is 46.1 Å². The number of para-hydroxylation sites is 1. The fourth-order valence-corrected chi connectivity index (χ4v) is 13.3. The highest BCUT2D eigenvalue weighted by Gasteiger charge is 2.65. The third-order valence-electron chi connectivity index (χ3n) is 13.4. The maximum absolute atomic E-state index is 11.0. The van der Waals surface area contributed by atoms with Crippen LogP contribution in [0.3, 0.4) is 0 Å². The molecular formula is C46H63N9O4S. The molecule has 1 aromatic carbocycles. The zero-order chi connectivity index (χ0) is 43.0. The van der Waals surface area contributed by atoms with E-state index in [-0.39, 0.29) is 39.6 Å². The molecule has 1 saturated heterocycles. The molecule has 60 heavy (non-hydrogen) atoms. The minimum atomic E-state index is -0.826. The average Bonchev–Trinajstić information content (AvgIpc) is 3.76. The summed E-state index contributed by atoms with van der Waals surface area (Å²) < 4.78 is 3.17. The molecule has 6 aliphatic rings. The number of nitrogens with zero attached hydrogens (tertiary/aromatic N) is 5. The molecule has 4 aliphatic carbocycles. The number of nitrogens with two attached hydrogens (primary N) is 1. The van der Waals surface area contributed by atoms with E-state index in [0.717, 1.165) is 65.0 Å². The molecule has 14 heteroatoms. The molecule has 322 valence electrons. The Labute approximate surface area is 357 Å². The summed E-state index contributed by atoms with van der Waals surface area (Å²) in [5.74, 6) is -0.416. The van der Waals surface area contributed by atoms with Gasteiger partial charge in [0, 0.05) is 42.0 Å². The fourth-order valence-electron chi connectivity index (χ4n) is 12.4. The number of aliphatic carboxylic acids is 1. The topological polar surface area (TPSA) is 198 Å². The molecule has 9 rings (SSSR count). The highest BCUT2D eigenvalue weighted by atomic mass is 32.1. The second-order valence-electron chi connectivity index (χ2n) is 18.6. The Morgan fingerprint density at radius 2 is 1.75 bits per heavy atom. The number of likely N-dealkylation sites (tertiary alicyclic amines) is 1. The maximum atomic E-state index is 11.0. The number of amidine groups is 2. The van der Waals surface area contributed by atoms with E-state index in [1.807, 2.05) is 68.3 Å². The van der Waals surface area contributed by atoms with Crippen LogP contribution in [0.4, 0.5) is 5.13 Å². The largest absolute Gasteiger partial charge is 0.481 e. The lowest BCUT2D eigenvalue weighted by Gasteiger charge is -2.70. The van der Waals surface area contributed by atoms with Crippen LogP contribution in [0.25, 0.3) is 15.8 Å². The van der Waals surface area contributed by atoms with E-state index in [0.29, 0.717) is 41.9 Å². The number of nitrogens with one attached hydrogen (secondary N) is 3. The molecule has 2 aliphatic heterocycles. The van der Waals surface area contributed by atoms with E-state index in [1.54, 1.807) is 0 Å². The number of dihydropyridines is 1.